The molecular weight excluding hydrogens is 318 g/mol. The fraction of sp³-hybridized carbons (Fsp3) is 0.176. The zero-order valence-electron chi connectivity index (χ0n) is 12.9. The smallest absolute Gasteiger partial charge is 0.255 e. The van der Waals surface area contributed by atoms with Crippen molar-refractivity contribution in [3.05, 3.63) is 65.2 Å². The number of amides is 2. The normalized spacial score (nSPS) is 11.6. The second-order valence-corrected chi connectivity index (χ2v) is 5.08. The maximum absolute atomic E-state index is 13.6. The van der Waals surface area contributed by atoms with E-state index in [9.17, 15) is 18.4 Å². The molecule has 0 aliphatic rings. The number of halogens is 2. The number of carbonyl (C=O) groups is 2. The van der Waals surface area contributed by atoms with Crippen molar-refractivity contribution in [2.45, 2.75) is 12.5 Å². The summed E-state index contributed by atoms with van der Waals surface area (Å²) in [5.41, 5.74) is 5.52. The minimum absolute atomic E-state index is 0.113. The second kappa shape index (κ2) is 7.54. The van der Waals surface area contributed by atoms with E-state index in [1.165, 1.54) is 13.2 Å². The Labute approximate surface area is 137 Å². The fourth-order valence-corrected chi connectivity index (χ4v) is 2.14. The Morgan fingerprint density at radius 1 is 1.17 bits per heavy atom. The van der Waals surface area contributed by atoms with Gasteiger partial charge < -0.3 is 15.8 Å². The summed E-state index contributed by atoms with van der Waals surface area (Å²) >= 11 is 0. The zero-order valence-corrected chi connectivity index (χ0v) is 12.9. The standard InChI is InChI=1S/C17H16F2N2O3/c1-24-11-7-5-10(6-8-11)9-14(16(20)22)21-17(23)12-3-2-4-13(18)15(12)19/h2-8,14H,9H2,1H3,(H2,20,22)(H,21,23)/t14-/m0/s1. The molecule has 2 rings (SSSR count). The number of rotatable bonds is 6. The Kier molecular flexibility index (Phi) is 5.47. The Balaban J connectivity index is 2.14. The molecule has 2 aromatic carbocycles. The molecule has 0 saturated heterocycles. The quantitative estimate of drug-likeness (QED) is 0.845. The number of hydrogen-bond donors (Lipinski definition) is 2. The molecule has 0 fully saturated rings. The first-order valence-electron chi connectivity index (χ1n) is 7.09. The van der Waals surface area contributed by atoms with E-state index in [1.54, 1.807) is 24.3 Å². The Hall–Kier alpha value is -2.96. The lowest BCUT2D eigenvalue weighted by molar-refractivity contribution is -0.119. The van der Waals surface area contributed by atoms with Crippen LogP contribution in [0.25, 0.3) is 0 Å². The molecule has 5 nitrogen and oxygen atoms in total. The molecule has 3 N–H and O–H groups in total. The molecule has 126 valence electrons. The van der Waals surface area contributed by atoms with E-state index in [0.717, 1.165) is 17.7 Å². The Bertz CT molecular complexity index is 748. The average Bonchev–Trinajstić information content (AvgIpc) is 2.57. The van der Waals surface area contributed by atoms with Gasteiger partial charge in [-0.25, -0.2) is 8.78 Å². The molecule has 0 aliphatic carbocycles. The predicted octanol–water partition coefficient (Wildman–Crippen LogP) is 1.80. The molecule has 24 heavy (non-hydrogen) atoms. The summed E-state index contributed by atoms with van der Waals surface area (Å²) in [4.78, 5) is 23.6. The molecule has 7 heteroatoms. The van der Waals surface area contributed by atoms with Gasteiger partial charge in [-0.3, -0.25) is 9.59 Å². The summed E-state index contributed by atoms with van der Waals surface area (Å²) in [6.07, 6.45) is 0.113. The van der Waals surface area contributed by atoms with E-state index >= 15 is 0 Å². The van der Waals surface area contributed by atoms with Gasteiger partial charge in [0.1, 0.15) is 11.8 Å². The van der Waals surface area contributed by atoms with Gasteiger partial charge in [-0.1, -0.05) is 18.2 Å². The minimum atomic E-state index is -1.28. The minimum Gasteiger partial charge on any atom is -0.497 e. The lowest BCUT2D eigenvalue weighted by atomic mass is 10.0. The number of methoxy groups -OCH3 is 1. The fourth-order valence-electron chi connectivity index (χ4n) is 2.14. The highest BCUT2D eigenvalue weighted by Crippen LogP contribution is 2.14. The molecule has 0 aliphatic heterocycles. The van der Waals surface area contributed by atoms with Crippen molar-refractivity contribution in [2.75, 3.05) is 7.11 Å². The molecule has 2 aromatic rings. The average molecular weight is 334 g/mol. The Morgan fingerprint density at radius 2 is 1.83 bits per heavy atom. The monoisotopic (exact) mass is 334 g/mol. The van der Waals surface area contributed by atoms with Crippen LogP contribution >= 0.6 is 0 Å². The van der Waals surface area contributed by atoms with Crippen LogP contribution in [0.2, 0.25) is 0 Å². The van der Waals surface area contributed by atoms with Crippen LogP contribution in [0, 0.1) is 11.6 Å². The van der Waals surface area contributed by atoms with Gasteiger partial charge in [0.05, 0.1) is 12.7 Å². The predicted molar refractivity (Wildman–Crippen MR) is 83.5 cm³/mol. The lowest BCUT2D eigenvalue weighted by Gasteiger charge is -2.16. The van der Waals surface area contributed by atoms with Gasteiger partial charge >= 0.3 is 0 Å². The number of carbonyl (C=O) groups excluding carboxylic acids is 2. The van der Waals surface area contributed by atoms with Gasteiger partial charge in [-0.05, 0) is 29.8 Å². The maximum Gasteiger partial charge on any atom is 0.255 e. The number of nitrogens with one attached hydrogen (secondary N) is 1. The first-order valence-corrected chi connectivity index (χ1v) is 7.09. The topological polar surface area (TPSA) is 81.4 Å². The molecule has 0 saturated carbocycles. The van der Waals surface area contributed by atoms with Gasteiger partial charge in [0.15, 0.2) is 11.6 Å². The molecule has 0 aromatic heterocycles. The molecule has 0 unspecified atom stereocenters. The van der Waals surface area contributed by atoms with Crippen LogP contribution in [0.4, 0.5) is 8.78 Å². The summed E-state index contributed by atoms with van der Waals surface area (Å²) in [6, 6.07) is 8.98. The molecule has 0 bridgehead atoms. The van der Waals surface area contributed by atoms with Crippen LogP contribution in [-0.4, -0.2) is 25.0 Å². The molecule has 0 radical (unpaired) electrons. The first kappa shape index (κ1) is 17.4. The SMILES string of the molecule is COc1ccc(C[C@H](NC(=O)c2cccc(F)c2F)C(N)=O)cc1. The number of primary amides is 1. The second-order valence-electron chi connectivity index (χ2n) is 5.08. The third-order valence-corrected chi connectivity index (χ3v) is 3.44. The molecule has 0 heterocycles. The summed E-state index contributed by atoms with van der Waals surface area (Å²) in [5, 5.41) is 2.33. The highest BCUT2D eigenvalue weighted by Gasteiger charge is 2.22. The Morgan fingerprint density at radius 3 is 2.42 bits per heavy atom. The lowest BCUT2D eigenvalue weighted by Crippen LogP contribution is -2.46. The number of hydrogen-bond acceptors (Lipinski definition) is 3. The molecule has 1 atom stereocenters. The number of nitrogens with two attached hydrogens (primary N) is 1. The van der Waals surface area contributed by atoms with Gasteiger partial charge in [0.25, 0.3) is 5.91 Å². The van der Waals surface area contributed by atoms with Crippen LogP contribution < -0.4 is 15.8 Å². The number of benzene rings is 2. The zero-order chi connectivity index (χ0) is 17.7. The summed E-state index contributed by atoms with van der Waals surface area (Å²) in [6.45, 7) is 0. The van der Waals surface area contributed by atoms with Crippen molar-refractivity contribution in [2.24, 2.45) is 5.73 Å². The highest BCUT2D eigenvalue weighted by molar-refractivity contribution is 5.97. The van der Waals surface area contributed by atoms with Gasteiger partial charge in [-0.15, -0.1) is 0 Å². The van der Waals surface area contributed by atoms with E-state index in [4.69, 9.17) is 10.5 Å². The van der Waals surface area contributed by atoms with Crippen LogP contribution in [0.3, 0.4) is 0 Å². The first-order chi connectivity index (χ1) is 11.4. The van der Waals surface area contributed by atoms with Crippen LogP contribution in [0.5, 0.6) is 5.75 Å². The van der Waals surface area contributed by atoms with E-state index in [0.29, 0.717) is 5.75 Å². The van der Waals surface area contributed by atoms with E-state index in [-0.39, 0.29) is 6.42 Å². The highest BCUT2D eigenvalue weighted by atomic mass is 19.2. The third kappa shape index (κ3) is 4.07. The molecular formula is C17H16F2N2O3. The van der Waals surface area contributed by atoms with Crippen molar-refractivity contribution in [3.63, 3.8) is 0 Å². The van der Waals surface area contributed by atoms with Crippen molar-refractivity contribution >= 4 is 11.8 Å². The van der Waals surface area contributed by atoms with Gasteiger partial charge in [0.2, 0.25) is 5.91 Å². The van der Waals surface area contributed by atoms with Crippen molar-refractivity contribution in [1.29, 1.82) is 0 Å². The summed E-state index contributed by atoms with van der Waals surface area (Å²) in [7, 11) is 1.52. The van der Waals surface area contributed by atoms with Gasteiger partial charge in [-0.2, -0.15) is 0 Å². The van der Waals surface area contributed by atoms with E-state index in [2.05, 4.69) is 5.32 Å². The van der Waals surface area contributed by atoms with Crippen molar-refractivity contribution < 1.29 is 23.1 Å². The molecule has 2 amide bonds. The molecule has 0 spiro atoms. The largest absolute Gasteiger partial charge is 0.497 e. The maximum atomic E-state index is 13.6. The van der Waals surface area contributed by atoms with E-state index < -0.39 is 35.1 Å². The summed E-state index contributed by atoms with van der Waals surface area (Å²) < 4.78 is 31.9. The summed E-state index contributed by atoms with van der Waals surface area (Å²) in [5.74, 6) is -3.48. The van der Waals surface area contributed by atoms with Crippen molar-refractivity contribution in [1.82, 2.24) is 5.32 Å². The van der Waals surface area contributed by atoms with Crippen LogP contribution in [0.1, 0.15) is 15.9 Å². The third-order valence-electron chi connectivity index (χ3n) is 3.44. The van der Waals surface area contributed by atoms with Gasteiger partial charge in [0, 0.05) is 6.42 Å². The van der Waals surface area contributed by atoms with Crippen LogP contribution in [-0.2, 0) is 11.2 Å². The van der Waals surface area contributed by atoms with Crippen LogP contribution in [0.15, 0.2) is 42.5 Å². The van der Waals surface area contributed by atoms with E-state index in [1.807, 2.05) is 0 Å². The van der Waals surface area contributed by atoms with Crippen molar-refractivity contribution in [3.8, 4) is 5.75 Å². The number of ether oxygens (including phenoxy) is 1.